The zero-order valence-electron chi connectivity index (χ0n) is 14.8. The van der Waals surface area contributed by atoms with Crippen molar-refractivity contribution in [2.24, 2.45) is 0 Å². The summed E-state index contributed by atoms with van der Waals surface area (Å²) in [6.07, 6.45) is 0.300. The van der Waals surface area contributed by atoms with Gasteiger partial charge in [0.25, 0.3) is 5.56 Å². The molecule has 28 heavy (non-hydrogen) atoms. The van der Waals surface area contributed by atoms with Crippen molar-refractivity contribution in [2.45, 2.75) is 6.42 Å². The number of aromatic amines is 1. The van der Waals surface area contributed by atoms with Gasteiger partial charge < -0.3 is 14.8 Å². The van der Waals surface area contributed by atoms with E-state index in [4.69, 9.17) is 9.84 Å². The monoisotopic (exact) mass is 372 g/mol. The Morgan fingerprint density at radius 2 is 1.75 bits per heavy atom. The van der Waals surface area contributed by atoms with Crippen molar-refractivity contribution in [3.05, 3.63) is 100.0 Å². The van der Waals surface area contributed by atoms with Gasteiger partial charge in [-0.1, -0.05) is 30.3 Å². The lowest BCUT2D eigenvalue weighted by atomic mass is 10.1. The lowest BCUT2D eigenvalue weighted by Crippen LogP contribution is -2.15. The molecule has 3 aromatic carbocycles. The van der Waals surface area contributed by atoms with Crippen LogP contribution in [0.4, 0.5) is 0 Å². The Hall–Kier alpha value is -3.93. The van der Waals surface area contributed by atoms with Gasteiger partial charge in [0.05, 0.1) is 16.6 Å². The Labute approximate surface area is 160 Å². The molecule has 0 spiro atoms. The van der Waals surface area contributed by atoms with Crippen molar-refractivity contribution in [1.82, 2.24) is 9.97 Å². The molecule has 0 unspecified atom stereocenters. The molecule has 1 aromatic heterocycles. The molecule has 0 saturated heterocycles. The zero-order valence-corrected chi connectivity index (χ0v) is 14.8. The minimum Gasteiger partial charge on any atom is -0.478 e. The van der Waals surface area contributed by atoms with Crippen molar-refractivity contribution in [3.8, 4) is 11.5 Å². The van der Waals surface area contributed by atoms with E-state index in [0.717, 1.165) is 11.3 Å². The van der Waals surface area contributed by atoms with Crippen LogP contribution in [0.25, 0.3) is 11.0 Å². The number of nitrogens with one attached hydrogen (secondary N) is 1. The Morgan fingerprint density at radius 3 is 2.54 bits per heavy atom. The van der Waals surface area contributed by atoms with E-state index >= 15 is 0 Å². The molecule has 4 rings (SSSR count). The van der Waals surface area contributed by atoms with Gasteiger partial charge in [-0.25, -0.2) is 9.78 Å². The van der Waals surface area contributed by atoms with Gasteiger partial charge in [-0.15, -0.1) is 0 Å². The molecule has 6 nitrogen and oxygen atoms in total. The molecule has 1 heterocycles. The van der Waals surface area contributed by atoms with Crippen LogP contribution in [0.1, 0.15) is 21.6 Å². The van der Waals surface area contributed by atoms with E-state index in [1.54, 1.807) is 6.07 Å². The fourth-order valence-corrected chi connectivity index (χ4v) is 2.91. The predicted octanol–water partition coefficient (Wildman–Crippen LogP) is 4.00. The number of nitrogens with zero attached hydrogens (tertiary/aromatic N) is 1. The number of fused-ring (bicyclic) bond motifs is 1. The van der Waals surface area contributed by atoms with E-state index in [0.29, 0.717) is 28.9 Å². The van der Waals surface area contributed by atoms with Gasteiger partial charge >= 0.3 is 5.97 Å². The third kappa shape index (κ3) is 3.76. The number of H-pyrrole nitrogens is 1. The van der Waals surface area contributed by atoms with Crippen LogP contribution >= 0.6 is 0 Å². The lowest BCUT2D eigenvalue weighted by Gasteiger charge is -2.08. The predicted molar refractivity (Wildman–Crippen MR) is 105 cm³/mol. The van der Waals surface area contributed by atoms with Gasteiger partial charge in [0.1, 0.15) is 17.2 Å². The maximum absolute atomic E-state index is 12.4. The van der Waals surface area contributed by atoms with Gasteiger partial charge in [0, 0.05) is 6.42 Å². The number of carboxylic acid groups (broad SMARTS) is 1. The first-order chi connectivity index (χ1) is 13.6. The summed E-state index contributed by atoms with van der Waals surface area (Å²) in [6.45, 7) is 0. The molecule has 0 amide bonds. The van der Waals surface area contributed by atoms with Crippen molar-refractivity contribution < 1.29 is 14.6 Å². The summed E-state index contributed by atoms with van der Waals surface area (Å²) >= 11 is 0. The van der Waals surface area contributed by atoms with E-state index in [2.05, 4.69) is 9.97 Å². The molecular formula is C22H16N2O4. The molecule has 138 valence electrons. The maximum atomic E-state index is 12.4. The number of carboxylic acids is 1. The normalized spacial score (nSPS) is 10.7. The van der Waals surface area contributed by atoms with Gasteiger partial charge in [-0.05, 0) is 48.0 Å². The first-order valence-corrected chi connectivity index (χ1v) is 8.66. The minimum absolute atomic E-state index is 0.122. The highest BCUT2D eigenvalue weighted by Crippen LogP contribution is 2.22. The minimum atomic E-state index is -1.04. The quantitative estimate of drug-likeness (QED) is 0.552. The number of hydrogen-bond acceptors (Lipinski definition) is 4. The fourth-order valence-electron chi connectivity index (χ4n) is 2.91. The lowest BCUT2D eigenvalue weighted by molar-refractivity contribution is 0.0697. The number of aromatic carboxylic acids is 1. The fraction of sp³-hybridized carbons (Fsp3) is 0.0455. The average Bonchev–Trinajstić information content (AvgIpc) is 2.69. The summed E-state index contributed by atoms with van der Waals surface area (Å²) in [4.78, 5) is 30.7. The van der Waals surface area contributed by atoms with Crippen molar-refractivity contribution in [1.29, 1.82) is 0 Å². The first kappa shape index (κ1) is 17.5. The standard InChI is InChI=1S/C22H16N2O4/c25-21-20(23-19-13-15(22(26)27)9-10-18(19)24-21)12-14-5-4-8-17(11-14)28-16-6-2-1-3-7-16/h1-11,13H,12H2,(H,24,25)(H,26,27). The smallest absolute Gasteiger partial charge is 0.335 e. The Morgan fingerprint density at radius 1 is 0.964 bits per heavy atom. The molecule has 0 aliphatic heterocycles. The highest BCUT2D eigenvalue weighted by Gasteiger charge is 2.10. The Bertz CT molecular complexity index is 1220. The molecule has 6 heteroatoms. The van der Waals surface area contributed by atoms with Gasteiger partial charge in [0.15, 0.2) is 0 Å². The van der Waals surface area contributed by atoms with Crippen LogP contribution in [-0.2, 0) is 6.42 Å². The van der Waals surface area contributed by atoms with Crippen LogP contribution in [0.15, 0.2) is 77.6 Å². The molecule has 0 radical (unpaired) electrons. The van der Waals surface area contributed by atoms with E-state index < -0.39 is 5.97 Å². The van der Waals surface area contributed by atoms with E-state index in [9.17, 15) is 9.59 Å². The van der Waals surface area contributed by atoms with E-state index in [1.807, 2.05) is 54.6 Å². The second kappa shape index (κ2) is 7.36. The molecule has 0 aliphatic carbocycles. The van der Waals surface area contributed by atoms with Crippen LogP contribution in [-0.4, -0.2) is 21.0 Å². The number of carbonyl (C=O) groups is 1. The summed E-state index contributed by atoms with van der Waals surface area (Å²) < 4.78 is 5.83. The Balaban J connectivity index is 1.64. The molecule has 0 bridgehead atoms. The topological polar surface area (TPSA) is 92.3 Å². The zero-order chi connectivity index (χ0) is 19.5. The molecule has 0 saturated carbocycles. The largest absolute Gasteiger partial charge is 0.478 e. The van der Waals surface area contributed by atoms with Crippen molar-refractivity contribution in [2.75, 3.05) is 0 Å². The number of hydrogen-bond donors (Lipinski definition) is 2. The van der Waals surface area contributed by atoms with Gasteiger partial charge in [0.2, 0.25) is 0 Å². The second-order valence-electron chi connectivity index (χ2n) is 6.29. The van der Waals surface area contributed by atoms with Crippen molar-refractivity contribution >= 4 is 17.0 Å². The van der Waals surface area contributed by atoms with Gasteiger partial charge in [-0.2, -0.15) is 0 Å². The van der Waals surface area contributed by atoms with E-state index in [-0.39, 0.29) is 11.1 Å². The van der Waals surface area contributed by atoms with E-state index in [1.165, 1.54) is 12.1 Å². The number of ether oxygens (including phenoxy) is 1. The van der Waals surface area contributed by atoms with Crippen LogP contribution in [0.5, 0.6) is 11.5 Å². The Kier molecular flexibility index (Phi) is 4.60. The maximum Gasteiger partial charge on any atom is 0.335 e. The molecule has 0 atom stereocenters. The number of benzene rings is 3. The highest BCUT2D eigenvalue weighted by molar-refractivity contribution is 5.92. The highest BCUT2D eigenvalue weighted by atomic mass is 16.5. The van der Waals surface area contributed by atoms with Crippen molar-refractivity contribution in [3.63, 3.8) is 0 Å². The summed E-state index contributed by atoms with van der Waals surface area (Å²) in [7, 11) is 0. The van der Waals surface area contributed by atoms with Crippen LogP contribution < -0.4 is 10.3 Å². The summed E-state index contributed by atoms with van der Waals surface area (Å²) in [5, 5.41) is 9.14. The SMILES string of the molecule is O=C(O)c1ccc2[nH]c(=O)c(Cc3cccc(Oc4ccccc4)c3)nc2c1. The summed E-state index contributed by atoms with van der Waals surface area (Å²) in [5.41, 5.74) is 1.93. The number of para-hydroxylation sites is 1. The molecule has 2 N–H and O–H groups in total. The first-order valence-electron chi connectivity index (χ1n) is 8.66. The third-order valence-electron chi connectivity index (χ3n) is 4.26. The molecule has 0 fully saturated rings. The second-order valence-corrected chi connectivity index (χ2v) is 6.29. The summed E-state index contributed by atoms with van der Waals surface area (Å²) in [6, 6.07) is 21.3. The average molecular weight is 372 g/mol. The van der Waals surface area contributed by atoms with Crippen LogP contribution in [0.3, 0.4) is 0 Å². The molecular weight excluding hydrogens is 356 g/mol. The molecule has 0 aliphatic rings. The molecule has 4 aromatic rings. The van der Waals surface area contributed by atoms with Gasteiger partial charge in [-0.3, -0.25) is 4.79 Å². The third-order valence-corrected chi connectivity index (χ3v) is 4.26. The summed E-state index contributed by atoms with van der Waals surface area (Å²) in [5.74, 6) is 0.346. The number of rotatable bonds is 5. The number of aromatic nitrogens is 2. The van der Waals surface area contributed by atoms with Crippen LogP contribution in [0.2, 0.25) is 0 Å². The van der Waals surface area contributed by atoms with Crippen LogP contribution in [0, 0.1) is 0 Å².